The molecule has 3 aromatic heterocycles. The summed E-state index contributed by atoms with van der Waals surface area (Å²) in [5.41, 5.74) is 0. The predicted octanol–water partition coefficient (Wildman–Crippen LogP) is 4.18. The van der Waals surface area contributed by atoms with E-state index in [1.54, 1.807) is 34.0 Å². The summed E-state index contributed by atoms with van der Waals surface area (Å²) in [6, 6.07) is 4.11. The Labute approximate surface area is 77.1 Å². The van der Waals surface area contributed by atoms with Crippen molar-refractivity contribution in [2.45, 2.75) is 0 Å². The van der Waals surface area contributed by atoms with Crippen molar-refractivity contribution in [3.63, 3.8) is 0 Å². The predicted molar refractivity (Wildman–Crippen MR) is 55.1 cm³/mol. The SMILES string of the molecule is [3H]c1cc2sc3ccsc3c2s1. The summed E-state index contributed by atoms with van der Waals surface area (Å²) >= 11 is 5.14. The molecule has 0 radical (unpaired) electrons. The van der Waals surface area contributed by atoms with E-state index in [0.717, 1.165) is 0 Å². The van der Waals surface area contributed by atoms with Crippen LogP contribution in [0.15, 0.2) is 22.9 Å². The van der Waals surface area contributed by atoms with Gasteiger partial charge in [0.05, 0.1) is 10.8 Å². The zero-order chi connectivity index (χ0) is 8.13. The van der Waals surface area contributed by atoms with Gasteiger partial charge in [0.2, 0.25) is 0 Å². The monoisotopic (exact) mass is 198 g/mol. The lowest BCUT2D eigenvalue weighted by atomic mass is 10.5. The molecule has 0 bridgehead atoms. The average Bonchev–Trinajstić information content (AvgIpc) is 2.59. The van der Waals surface area contributed by atoms with Crippen LogP contribution in [0.3, 0.4) is 0 Å². The van der Waals surface area contributed by atoms with Gasteiger partial charge in [0.15, 0.2) is 0 Å². The summed E-state index contributed by atoms with van der Waals surface area (Å²) in [6.45, 7) is 0. The summed E-state index contributed by atoms with van der Waals surface area (Å²) in [7, 11) is 0. The molecule has 0 saturated carbocycles. The molecule has 3 heteroatoms. The van der Waals surface area contributed by atoms with Gasteiger partial charge in [0.25, 0.3) is 0 Å². The van der Waals surface area contributed by atoms with Crippen molar-refractivity contribution in [1.29, 1.82) is 0 Å². The molecule has 3 rings (SSSR count). The van der Waals surface area contributed by atoms with Crippen molar-refractivity contribution in [3.8, 4) is 0 Å². The highest BCUT2D eigenvalue weighted by Crippen LogP contribution is 2.39. The summed E-state index contributed by atoms with van der Waals surface area (Å²) in [4.78, 5) is 0. The van der Waals surface area contributed by atoms with Crippen molar-refractivity contribution < 1.29 is 1.37 Å². The second-order valence-corrected chi connectivity index (χ2v) is 5.12. The third kappa shape index (κ3) is 0.732. The van der Waals surface area contributed by atoms with E-state index in [0.29, 0.717) is 5.36 Å². The summed E-state index contributed by atoms with van der Waals surface area (Å²) in [5, 5.41) is 2.79. The highest BCUT2D eigenvalue weighted by Gasteiger charge is 2.05. The van der Waals surface area contributed by atoms with E-state index in [1.807, 2.05) is 6.07 Å². The van der Waals surface area contributed by atoms with Crippen molar-refractivity contribution in [3.05, 3.63) is 22.9 Å². The molecule has 0 saturated heterocycles. The van der Waals surface area contributed by atoms with Gasteiger partial charge in [-0.2, -0.15) is 0 Å². The average molecular weight is 198 g/mol. The van der Waals surface area contributed by atoms with Crippen LogP contribution in [-0.2, 0) is 0 Å². The van der Waals surface area contributed by atoms with Crippen LogP contribution in [0.25, 0.3) is 18.8 Å². The van der Waals surface area contributed by atoms with Crippen LogP contribution in [0, 0.1) is 0 Å². The van der Waals surface area contributed by atoms with E-state index < -0.39 is 0 Å². The Morgan fingerprint density at radius 3 is 2.91 bits per heavy atom. The molecule has 0 aliphatic heterocycles. The van der Waals surface area contributed by atoms with Gasteiger partial charge < -0.3 is 0 Å². The topological polar surface area (TPSA) is 0 Å². The maximum Gasteiger partial charge on any atom is 0.0740 e. The molecule has 0 N–H and O–H groups in total. The lowest BCUT2D eigenvalue weighted by molar-refractivity contribution is 2.25. The molecular weight excluding hydrogens is 192 g/mol. The zero-order valence-corrected chi connectivity index (χ0v) is 7.91. The Kier molecular flexibility index (Phi) is 0.993. The lowest BCUT2D eigenvalue weighted by Crippen LogP contribution is -1.39. The maximum absolute atomic E-state index is 7.50. The van der Waals surface area contributed by atoms with Crippen LogP contribution in [0.1, 0.15) is 1.37 Å². The second-order valence-electron chi connectivity index (χ2n) is 2.27. The molecule has 0 aromatic carbocycles. The molecular formula is C8H4S3. The van der Waals surface area contributed by atoms with Gasteiger partial charge in [-0.3, -0.25) is 0 Å². The van der Waals surface area contributed by atoms with Crippen molar-refractivity contribution >= 4 is 52.8 Å². The van der Waals surface area contributed by atoms with Gasteiger partial charge in [-0.05, 0) is 22.9 Å². The van der Waals surface area contributed by atoms with E-state index in [-0.39, 0.29) is 0 Å². The maximum atomic E-state index is 7.50. The molecule has 0 nitrogen and oxygen atoms in total. The molecule has 3 heterocycles. The fourth-order valence-electron chi connectivity index (χ4n) is 1.15. The van der Waals surface area contributed by atoms with Gasteiger partial charge in [-0.1, -0.05) is 0 Å². The first-order chi connectivity index (χ1) is 5.84. The quantitative estimate of drug-likeness (QED) is 0.508. The number of thiophene rings is 3. The molecule has 0 aliphatic carbocycles. The molecule has 11 heavy (non-hydrogen) atoms. The van der Waals surface area contributed by atoms with E-state index in [2.05, 4.69) is 11.4 Å². The number of hydrogen-bond acceptors (Lipinski definition) is 3. The Hall–Kier alpha value is -0.380. The van der Waals surface area contributed by atoms with E-state index in [1.165, 1.54) is 18.8 Å². The van der Waals surface area contributed by atoms with Crippen LogP contribution < -0.4 is 0 Å². The van der Waals surface area contributed by atoms with Gasteiger partial charge in [-0.25, -0.2) is 0 Å². The molecule has 3 aromatic rings. The number of fused-ring (bicyclic) bond motifs is 3. The molecule has 0 aliphatic rings. The van der Waals surface area contributed by atoms with Crippen LogP contribution in [-0.4, -0.2) is 0 Å². The minimum Gasteiger partial charge on any atom is -0.141 e. The summed E-state index contributed by atoms with van der Waals surface area (Å²) in [6.07, 6.45) is 0. The Morgan fingerprint density at radius 2 is 1.91 bits per heavy atom. The van der Waals surface area contributed by atoms with Crippen molar-refractivity contribution in [2.24, 2.45) is 0 Å². The van der Waals surface area contributed by atoms with Gasteiger partial charge in [0, 0.05) is 9.40 Å². The highest BCUT2D eigenvalue weighted by atomic mass is 32.1. The van der Waals surface area contributed by atoms with Gasteiger partial charge in [-0.15, -0.1) is 34.0 Å². The number of rotatable bonds is 0. The number of hydrogen-bond donors (Lipinski definition) is 0. The molecule has 0 unspecified atom stereocenters. The minimum absolute atomic E-state index is 0.673. The fraction of sp³-hybridized carbons (Fsp3) is 0. The first kappa shape index (κ1) is 5.30. The van der Waals surface area contributed by atoms with E-state index >= 15 is 0 Å². The molecule has 54 valence electrons. The minimum atomic E-state index is 0.673. The highest BCUT2D eigenvalue weighted by molar-refractivity contribution is 7.37. The molecule has 0 amide bonds. The first-order valence-electron chi connectivity index (χ1n) is 3.71. The summed E-state index contributed by atoms with van der Waals surface area (Å²) < 4.78 is 12.8. The van der Waals surface area contributed by atoms with Crippen LogP contribution in [0.5, 0.6) is 0 Å². The normalized spacial score (nSPS) is 12.9. The molecule has 0 spiro atoms. The Morgan fingerprint density at radius 1 is 1.09 bits per heavy atom. The molecule has 0 atom stereocenters. The lowest BCUT2D eigenvalue weighted by Gasteiger charge is -1.71. The second kappa shape index (κ2) is 2.06. The van der Waals surface area contributed by atoms with Gasteiger partial charge in [0.1, 0.15) is 0 Å². The fourth-order valence-corrected chi connectivity index (χ4v) is 4.51. The van der Waals surface area contributed by atoms with E-state index in [9.17, 15) is 0 Å². The summed E-state index contributed by atoms with van der Waals surface area (Å²) in [5.74, 6) is 0. The third-order valence-electron chi connectivity index (χ3n) is 1.63. The largest absolute Gasteiger partial charge is 0.141 e. The molecule has 0 fully saturated rings. The third-order valence-corrected chi connectivity index (χ3v) is 4.92. The van der Waals surface area contributed by atoms with Crippen LogP contribution in [0.2, 0.25) is 0 Å². The van der Waals surface area contributed by atoms with Crippen LogP contribution in [0.4, 0.5) is 0 Å². The Balaban J connectivity index is 2.64. The smallest absolute Gasteiger partial charge is 0.0740 e. The van der Waals surface area contributed by atoms with Gasteiger partial charge >= 0.3 is 0 Å². The zero-order valence-electron chi connectivity index (χ0n) is 6.46. The standard InChI is InChI=1S/C8H4S3/c1-3-9-7-5(1)11-6-2-4-10-8(6)7/h1-4H/i3T. The van der Waals surface area contributed by atoms with E-state index in [4.69, 9.17) is 1.37 Å². The van der Waals surface area contributed by atoms with Crippen molar-refractivity contribution in [2.75, 3.05) is 0 Å². The first-order valence-corrected chi connectivity index (χ1v) is 5.72. The van der Waals surface area contributed by atoms with Crippen molar-refractivity contribution in [1.82, 2.24) is 0 Å². The van der Waals surface area contributed by atoms with Crippen LogP contribution >= 0.6 is 34.0 Å². The Bertz CT molecular complexity index is 543.